The molecule has 4 heteroatoms. The van der Waals surface area contributed by atoms with Crippen molar-refractivity contribution in [1.82, 2.24) is 0 Å². The molecular weight excluding hydrogens is 322 g/mol. The van der Waals surface area contributed by atoms with Crippen LogP contribution in [0.1, 0.15) is 6.92 Å². The van der Waals surface area contributed by atoms with Gasteiger partial charge in [0.05, 0.1) is 5.25 Å². The lowest BCUT2D eigenvalue weighted by Gasteiger charge is -2.12. The van der Waals surface area contributed by atoms with Crippen LogP contribution in [0.5, 0.6) is 0 Å². The van der Waals surface area contributed by atoms with E-state index >= 15 is 0 Å². The van der Waals surface area contributed by atoms with Gasteiger partial charge in [0.15, 0.2) is 0 Å². The lowest BCUT2D eigenvalue weighted by atomic mass is 10.3. The Hall–Kier alpha value is -1.26. The maximum atomic E-state index is 12.1. The maximum Gasteiger partial charge on any atom is 0.237 e. The molecule has 0 bridgehead atoms. The summed E-state index contributed by atoms with van der Waals surface area (Å²) in [5.41, 5.74) is 0.805. The molecule has 0 radical (unpaired) electrons. The van der Waals surface area contributed by atoms with E-state index < -0.39 is 0 Å². The summed E-state index contributed by atoms with van der Waals surface area (Å²) in [5.74, 6) is 0.00644. The van der Waals surface area contributed by atoms with Gasteiger partial charge < -0.3 is 5.32 Å². The summed E-state index contributed by atoms with van der Waals surface area (Å²) < 4.78 is 0.952. The van der Waals surface area contributed by atoms with E-state index in [1.807, 2.05) is 61.5 Å². The van der Waals surface area contributed by atoms with E-state index in [2.05, 4.69) is 21.2 Å². The lowest BCUT2D eigenvalue weighted by Crippen LogP contribution is -2.22. The summed E-state index contributed by atoms with van der Waals surface area (Å²) >= 11 is 4.94. The van der Waals surface area contributed by atoms with Crippen molar-refractivity contribution < 1.29 is 4.79 Å². The van der Waals surface area contributed by atoms with Crippen molar-refractivity contribution in [1.29, 1.82) is 0 Å². The van der Waals surface area contributed by atoms with Crippen molar-refractivity contribution in [3.05, 3.63) is 59.1 Å². The normalized spacial score (nSPS) is 11.9. The predicted molar refractivity (Wildman–Crippen MR) is 84.5 cm³/mol. The van der Waals surface area contributed by atoms with Crippen LogP contribution in [0.4, 0.5) is 5.69 Å². The lowest BCUT2D eigenvalue weighted by molar-refractivity contribution is -0.115. The number of hydrogen-bond donors (Lipinski definition) is 1. The van der Waals surface area contributed by atoms with Crippen molar-refractivity contribution in [2.75, 3.05) is 5.32 Å². The first-order chi connectivity index (χ1) is 9.15. The van der Waals surface area contributed by atoms with Crippen LogP contribution in [0.2, 0.25) is 0 Å². The number of amides is 1. The fourth-order valence-corrected chi connectivity index (χ4v) is 2.85. The first kappa shape index (κ1) is 14.2. The van der Waals surface area contributed by atoms with Crippen LogP contribution in [-0.4, -0.2) is 11.2 Å². The van der Waals surface area contributed by atoms with Crippen LogP contribution in [0.3, 0.4) is 0 Å². The average molecular weight is 336 g/mol. The zero-order valence-corrected chi connectivity index (χ0v) is 12.9. The highest BCUT2D eigenvalue weighted by Gasteiger charge is 2.14. The van der Waals surface area contributed by atoms with Crippen LogP contribution in [0, 0.1) is 0 Å². The van der Waals surface area contributed by atoms with Gasteiger partial charge in [0.2, 0.25) is 5.91 Å². The van der Waals surface area contributed by atoms with Gasteiger partial charge in [0.25, 0.3) is 0 Å². The Labute approximate surface area is 125 Å². The number of carbonyl (C=O) groups excluding carboxylic acids is 1. The second-order valence-corrected chi connectivity index (χ2v) is 6.40. The van der Waals surface area contributed by atoms with E-state index in [1.165, 1.54) is 0 Å². The van der Waals surface area contributed by atoms with Gasteiger partial charge in [0.1, 0.15) is 0 Å². The number of anilines is 1. The molecule has 2 rings (SSSR count). The van der Waals surface area contributed by atoms with E-state index in [1.54, 1.807) is 11.8 Å². The fraction of sp³-hybridized carbons (Fsp3) is 0.133. The minimum atomic E-state index is -0.138. The van der Waals surface area contributed by atoms with Gasteiger partial charge in [0, 0.05) is 15.1 Å². The zero-order valence-electron chi connectivity index (χ0n) is 10.5. The van der Waals surface area contributed by atoms with Gasteiger partial charge in [-0.3, -0.25) is 4.79 Å². The van der Waals surface area contributed by atoms with Gasteiger partial charge in [-0.2, -0.15) is 0 Å². The Bertz CT molecular complexity index is 559. The molecule has 2 aromatic carbocycles. The van der Waals surface area contributed by atoms with E-state index in [0.717, 1.165) is 15.1 Å². The van der Waals surface area contributed by atoms with Crippen LogP contribution >= 0.6 is 27.7 Å². The molecule has 0 aliphatic heterocycles. The molecule has 0 fully saturated rings. The van der Waals surface area contributed by atoms with Crippen molar-refractivity contribution in [2.45, 2.75) is 17.1 Å². The highest BCUT2D eigenvalue weighted by atomic mass is 79.9. The van der Waals surface area contributed by atoms with Crippen LogP contribution in [0.25, 0.3) is 0 Å². The molecule has 0 saturated carbocycles. The Morgan fingerprint density at radius 2 is 1.89 bits per heavy atom. The number of rotatable bonds is 4. The topological polar surface area (TPSA) is 29.1 Å². The second kappa shape index (κ2) is 6.78. The Morgan fingerprint density at radius 3 is 2.58 bits per heavy atom. The average Bonchev–Trinajstić information content (AvgIpc) is 2.40. The van der Waals surface area contributed by atoms with Crippen LogP contribution in [0.15, 0.2) is 64.0 Å². The Kier molecular flexibility index (Phi) is 5.05. The third-order valence-electron chi connectivity index (χ3n) is 2.52. The van der Waals surface area contributed by atoms with E-state index in [0.29, 0.717) is 0 Å². The monoisotopic (exact) mass is 335 g/mol. The number of thioether (sulfide) groups is 1. The summed E-state index contributed by atoms with van der Waals surface area (Å²) in [7, 11) is 0. The summed E-state index contributed by atoms with van der Waals surface area (Å²) in [6.07, 6.45) is 0. The predicted octanol–water partition coefficient (Wildman–Crippen LogP) is 4.57. The van der Waals surface area contributed by atoms with Crippen molar-refractivity contribution in [2.24, 2.45) is 0 Å². The number of hydrogen-bond acceptors (Lipinski definition) is 2. The molecule has 2 aromatic rings. The third-order valence-corrected chi connectivity index (χ3v) is 4.12. The fourth-order valence-electron chi connectivity index (χ4n) is 1.57. The molecule has 1 amide bonds. The standard InChI is InChI=1S/C15H14BrNOS/c1-11(19-14-8-3-2-4-9-14)15(18)17-13-7-5-6-12(16)10-13/h2-11H,1H3,(H,17,18)/t11-/m0/s1. The molecule has 19 heavy (non-hydrogen) atoms. The summed E-state index contributed by atoms with van der Waals surface area (Å²) in [6, 6.07) is 17.5. The number of halogens is 1. The first-order valence-electron chi connectivity index (χ1n) is 5.93. The van der Waals surface area contributed by atoms with Crippen molar-refractivity contribution in [3.8, 4) is 0 Å². The quantitative estimate of drug-likeness (QED) is 0.829. The SMILES string of the molecule is C[C@H](Sc1ccccc1)C(=O)Nc1cccc(Br)c1. The molecular formula is C15H14BrNOS. The van der Waals surface area contributed by atoms with Gasteiger partial charge in [-0.15, -0.1) is 11.8 Å². The maximum absolute atomic E-state index is 12.1. The Balaban J connectivity index is 1.96. The molecule has 2 nitrogen and oxygen atoms in total. The molecule has 1 atom stereocenters. The molecule has 0 unspecified atom stereocenters. The number of carbonyl (C=O) groups is 1. The van der Waals surface area contributed by atoms with Crippen LogP contribution < -0.4 is 5.32 Å². The van der Waals surface area contributed by atoms with Gasteiger partial charge >= 0.3 is 0 Å². The van der Waals surface area contributed by atoms with Gasteiger partial charge in [-0.05, 0) is 37.3 Å². The van der Waals surface area contributed by atoms with Crippen molar-refractivity contribution in [3.63, 3.8) is 0 Å². The largest absolute Gasteiger partial charge is 0.325 e. The zero-order chi connectivity index (χ0) is 13.7. The molecule has 1 N–H and O–H groups in total. The molecule has 0 spiro atoms. The highest BCUT2D eigenvalue weighted by Crippen LogP contribution is 2.24. The first-order valence-corrected chi connectivity index (χ1v) is 7.60. The number of nitrogens with one attached hydrogen (secondary N) is 1. The van der Waals surface area contributed by atoms with E-state index in [-0.39, 0.29) is 11.2 Å². The molecule has 0 aliphatic rings. The molecule has 0 heterocycles. The molecule has 0 aliphatic carbocycles. The number of benzene rings is 2. The second-order valence-electron chi connectivity index (χ2n) is 4.07. The molecule has 98 valence electrons. The molecule has 0 saturated heterocycles. The highest BCUT2D eigenvalue weighted by molar-refractivity contribution is 9.10. The summed E-state index contributed by atoms with van der Waals surface area (Å²) in [4.78, 5) is 13.2. The van der Waals surface area contributed by atoms with E-state index in [4.69, 9.17) is 0 Å². The van der Waals surface area contributed by atoms with E-state index in [9.17, 15) is 4.79 Å². The van der Waals surface area contributed by atoms with Crippen molar-refractivity contribution >= 4 is 39.3 Å². The van der Waals surface area contributed by atoms with Gasteiger partial charge in [-0.1, -0.05) is 40.2 Å². The summed E-state index contributed by atoms with van der Waals surface area (Å²) in [5, 5.41) is 2.78. The van der Waals surface area contributed by atoms with Crippen LogP contribution in [-0.2, 0) is 4.79 Å². The smallest absolute Gasteiger partial charge is 0.237 e. The third kappa shape index (κ3) is 4.40. The summed E-state index contributed by atoms with van der Waals surface area (Å²) in [6.45, 7) is 1.91. The Morgan fingerprint density at radius 1 is 1.16 bits per heavy atom. The molecule has 0 aromatic heterocycles. The minimum Gasteiger partial charge on any atom is -0.325 e. The minimum absolute atomic E-state index is 0.00644. The van der Waals surface area contributed by atoms with Gasteiger partial charge in [-0.25, -0.2) is 0 Å².